The third-order valence-corrected chi connectivity index (χ3v) is 5.09. The van der Waals surface area contributed by atoms with Crippen LogP contribution in [0.2, 0.25) is 0 Å². The highest BCUT2D eigenvalue weighted by Gasteiger charge is 2.32. The highest BCUT2D eigenvalue weighted by Crippen LogP contribution is 2.31. The Morgan fingerprint density at radius 2 is 2.16 bits per heavy atom. The van der Waals surface area contributed by atoms with Crippen molar-refractivity contribution in [2.24, 2.45) is 0 Å². The third kappa shape index (κ3) is 2.56. The molecule has 0 N–H and O–H groups in total. The van der Waals surface area contributed by atoms with E-state index in [1.54, 1.807) is 11.3 Å². The zero-order valence-electron chi connectivity index (χ0n) is 11.7. The molecule has 0 aromatic carbocycles. The topological polar surface area (TPSA) is 29.5 Å². The smallest absolute Gasteiger partial charge is 0.255 e. The molecule has 1 aromatic heterocycles. The molecule has 104 valence electrons. The van der Waals surface area contributed by atoms with Gasteiger partial charge in [0.15, 0.2) is 0 Å². The van der Waals surface area contributed by atoms with Crippen LogP contribution < -0.4 is 0 Å². The lowest BCUT2D eigenvalue weighted by molar-refractivity contribution is -0.0764. The summed E-state index contributed by atoms with van der Waals surface area (Å²) in [5.74, 6) is 0.204. The molecule has 1 aromatic rings. The van der Waals surface area contributed by atoms with E-state index in [1.807, 2.05) is 4.90 Å². The normalized spacial score (nSPS) is 22.1. The van der Waals surface area contributed by atoms with E-state index in [0.717, 1.165) is 18.4 Å². The minimum atomic E-state index is -0.218. The maximum atomic E-state index is 12.7. The van der Waals surface area contributed by atoms with Crippen molar-refractivity contribution < 1.29 is 9.53 Å². The molecule has 19 heavy (non-hydrogen) atoms. The van der Waals surface area contributed by atoms with Gasteiger partial charge in [-0.2, -0.15) is 0 Å². The minimum absolute atomic E-state index is 0.204. The quantitative estimate of drug-likeness (QED) is 0.791. The number of hydrogen-bond donors (Lipinski definition) is 0. The van der Waals surface area contributed by atoms with Crippen LogP contribution in [-0.2, 0) is 17.6 Å². The van der Waals surface area contributed by atoms with Crippen molar-refractivity contribution in [3.05, 3.63) is 21.4 Å². The van der Waals surface area contributed by atoms with Gasteiger partial charge in [0.25, 0.3) is 5.91 Å². The van der Waals surface area contributed by atoms with Crippen molar-refractivity contribution in [3.8, 4) is 0 Å². The summed E-state index contributed by atoms with van der Waals surface area (Å²) in [6, 6.07) is 0. The largest absolute Gasteiger partial charge is 0.372 e. The number of amides is 1. The second kappa shape index (κ2) is 4.91. The van der Waals surface area contributed by atoms with Crippen LogP contribution in [0.15, 0.2) is 5.38 Å². The van der Waals surface area contributed by atoms with Gasteiger partial charge < -0.3 is 9.64 Å². The summed E-state index contributed by atoms with van der Waals surface area (Å²) < 4.78 is 5.68. The predicted octanol–water partition coefficient (Wildman–Crippen LogP) is 2.88. The maximum Gasteiger partial charge on any atom is 0.255 e. The van der Waals surface area contributed by atoms with Crippen molar-refractivity contribution in [1.82, 2.24) is 4.90 Å². The number of fused-ring (bicyclic) bond motifs is 1. The average Bonchev–Trinajstić information content (AvgIpc) is 2.80. The van der Waals surface area contributed by atoms with Gasteiger partial charge in [-0.25, -0.2) is 0 Å². The first-order chi connectivity index (χ1) is 9.07. The number of nitrogens with zero attached hydrogens (tertiary/aromatic N) is 1. The van der Waals surface area contributed by atoms with Gasteiger partial charge in [-0.05, 0) is 45.1 Å². The van der Waals surface area contributed by atoms with E-state index in [1.165, 1.54) is 23.3 Å². The van der Waals surface area contributed by atoms with E-state index in [2.05, 4.69) is 19.2 Å². The molecule has 1 aliphatic heterocycles. The molecule has 3 rings (SSSR count). The van der Waals surface area contributed by atoms with Crippen LogP contribution in [0.4, 0.5) is 0 Å². The molecule has 0 saturated carbocycles. The zero-order chi connectivity index (χ0) is 13.5. The Labute approximate surface area is 118 Å². The number of hydrogen-bond acceptors (Lipinski definition) is 3. The molecule has 3 nitrogen and oxygen atoms in total. The van der Waals surface area contributed by atoms with Crippen molar-refractivity contribution in [2.75, 3.05) is 19.7 Å². The van der Waals surface area contributed by atoms with Gasteiger partial charge in [-0.15, -0.1) is 11.3 Å². The van der Waals surface area contributed by atoms with Gasteiger partial charge in [-0.1, -0.05) is 0 Å². The molecular weight excluding hydrogens is 258 g/mol. The molecular formula is C15H21NO2S. The summed E-state index contributed by atoms with van der Waals surface area (Å²) in [6.07, 6.45) is 4.72. The van der Waals surface area contributed by atoms with Crippen LogP contribution in [0.3, 0.4) is 0 Å². The van der Waals surface area contributed by atoms with Gasteiger partial charge in [0.2, 0.25) is 0 Å². The molecule has 0 bridgehead atoms. The fourth-order valence-corrected chi connectivity index (χ4v) is 4.15. The van der Waals surface area contributed by atoms with Crippen LogP contribution in [0.5, 0.6) is 0 Å². The number of morpholine rings is 1. The fraction of sp³-hybridized carbons (Fsp3) is 0.667. The molecule has 1 aliphatic carbocycles. The summed E-state index contributed by atoms with van der Waals surface area (Å²) in [4.78, 5) is 16.1. The Hall–Kier alpha value is -0.870. The lowest BCUT2D eigenvalue weighted by atomic mass is 9.95. The molecule has 2 heterocycles. The maximum absolute atomic E-state index is 12.7. The first kappa shape index (κ1) is 13.1. The monoisotopic (exact) mass is 279 g/mol. The van der Waals surface area contributed by atoms with Gasteiger partial charge >= 0.3 is 0 Å². The highest BCUT2D eigenvalue weighted by atomic mass is 32.1. The molecule has 1 amide bonds. The van der Waals surface area contributed by atoms with Gasteiger partial charge in [0.1, 0.15) is 0 Å². The Morgan fingerprint density at radius 3 is 2.95 bits per heavy atom. The summed E-state index contributed by atoms with van der Waals surface area (Å²) >= 11 is 1.77. The lowest BCUT2D eigenvalue weighted by Crippen LogP contribution is -2.50. The number of rotatable bonds is 1. The Kier molecular flexibility index (Phi) is 3.39. The van der Waals surface area contributed by atoms with Gasteiger partial charge in [-0.3, -0.25) is 4.79 Å². The van der Waals surface area contributed by atoms with E-state index >= 15 is 0 Å². The van der Waals surface area contributed by atoms with Crippen LogP contribution >= 0.6 is 11.3 Å². The molecule has 4 heteroatoms. The first-order valence-electron chi connectivity index (χ1n) is 7.09. The van der Waals surface area contributed by atoms with Crippen LogP contribution in [0, 0.1) is 0 Å². The van der Waals surface area contributed by atoms with E-state index in [4.69, 9.17) is 4.74 Å². The van der Waals surface area contributed by atoms with Gasteiger partial charge in [0.05, 0.1) is 17.8 Å². The number of thiophene rings is 1. The second-order valence-electron chi connectivity index (χ2n) is 6.09. The van der Waals surface area contributed by atoms with Crippen molar-refractivity contribution >= 4 is 17.2 Å². The summed E-state index contributed by atoms with van der Waals surface area (Å²) in [5.41, 5.74) is 2.06. The molecule has 0 unspecified atom stereocenters. The van der Waals surface area contributed by atoms with Crippen LogP contribution in [0.25, 0.3) is 0 Å². The average molecular weight is 279 g/mol. The minimum Gasteiger partial charge on any atom is -0.372 e. The number of ether oxygens (including phenoxy) is 1. The Bertz CT molecular complexity index is 492. The number of carbonyl (C=O) groups excluding carboxylic acids is 1. The summed E-state index contributed by atoms with van der Waals surface area (Å²) in [6.45, 7) is 6.15. The van der Waals surface area contributed by atoms with Gasteiger partial charge in [0, 0.05) is 23.3 Å². The highest BCUT2D eigenvalue weighted by molar-refractivity contribution is 7.10. The van der Waals surface area contributed by atoms with E-state index in [-0.39, 0.29) is 11.5 Å². The van der Waals surface area contributed by atoms with Crippen molar-refractivity contribution in [3.63, 3.8) is 0 Å². The van der Waals surface area contributed by atoms with Crippen molar-refractivity contribution in [1.29, 1.82) is 0 Å². The predicted molar refractivity (Wildman–Crippen MR) is 76.9 cm³/mol. The molecule has 0 atom stereocenters. The SMILES string of the molecule is CC1(C)CN(C(=O)c2csc3c2CCCC3)CCO1. The summed E-state index contributed by atoms with van der Waals surface area (Å²) in [5, 5.41) is 2.07. The lowest BCUT2D eigenvalue weighted by Gasteiger charge is -2.38. The number of aryl methyl sites for hydroxylation is 1. The molecule has 0 radical (unpaired) electrons. The molecule has 1 fully saturated rings. The Balaban J connectivity index is 1.82. The van der Waals surface area contributed by atoms with Crippen LogP contribution in [-0.4, -0.2) is 36.1 Å². The standard InChI is InChI=1S/C15H21NO2S/c1-15(2)10-16(7-8-18-15)14(17)12-9-19-13-6-4-3-5-11(12)13/h9H,3-8,10H2,1-2H3. The molecule has 0 spiro atoms. The third-order valence-electron chi connectivity index (χ3n) is 4.00. The van der Waals surface area contributed by atoms with Crippen LogP contribution in [0.1, 0.15) is 47.5 Å². The fourth-order valence-electron chi connectivity index (χ4n) is 3.03. The zero-order valence-corrected chi connectivity index (χ0v) is 12.5. The second-order valence-corrected chi connectivity index (χ2v) is 7.06. The first-order valence-corrected chi connectivity index (χ1v) is 7.97. The summed E-state index contributed by atoms with van der Waals surface area (Å²) in [7, 11) is 0. The van der Waals surface area contributed by atoms with Crippen molar-refractivity contribution in [2.45, 2.75) is 45.1 Å². The van der Waals surface area contributed by atoms with E-state index in [0.29, 0.717) is 19.7 Å². The Morgan fingerprint density at radius 1 is 1.37 bits per heavy atom. The molecule has 2 aliphatic rings. The van der Waals surface area contributed by atoms with E-state index < -0.39 is 0 Å². The molecule has 1 saturated heterocycles. The number of carbonyl (C=O) groups is 1. The van der Waals surface area contributed by atoms with E-state index in [9.17, 15) is 4.79 Å².